The summed E-state index contributed by atoms with van der Waals surface area (Å²) in [7, 11) is 0. The highest BCUT2D eigenvalue weighted by atomic mass is 16.7. The van der Waals surface area contributed by atoms with Gasteiger partial charge < -0.3 is 39.7 Å². The Labute approximate surface area is 207 Å². The number of aliphatic hydroxyl groups is 3. The number of carbonyl (C=O) groups is 3. The predicted molar refractivity (Wildman–Crippen MR) is 123 cm³/mol. The molecule has 1 aromatic rings. The van der Waals surface area contributed by atoms with E-state index in [1.54, 1.807) is 31.2 Å². The maximum absolute atomic E-state index is 12.0. The lowest BCUT2D eigenvalue weighted by Gasteiger charge is -2.40. The average Bonchev–Trinajstić information content (AvgIpc) is 3.23. The number of hydrogen-bond acceptors (Lipinski definition) is 9. The Morgan fingerprint density at radius 1 is 1.06 bits per heavy atom. The standard InChI is InChI=1S/C25H32O11/c1-13-7-9-15(19(13)24(32)33)16(23(30)31)11-35-25-22(29)21(28)20(27)17(36-25)12-34-18(26)10-8-14-5-3-2-4-6-14/h2-6,8,10,13,15-17,19-22,25,27-29H,7,9,11-12H2,1H3,(H,30,31)(H,32,33)/b10-8+/t13-,15+,16?,17-,19-,20-,21-,22-,25+/m0/s1. The van der Waals surface area contributed by atoms with Gasteiger partial charge in [-0.3, -0.25) is 9.59 Å². The second-order valence-corrected chi connectivity index (χ2v) is 9.25. The first-order chi connectivity index (χ1) is 17.1. The monoisotopic (exact) mass is 508 g/mol. The van der Waals surface area contributed by atoms with Crippen molar-refractivity contribution in [2.45, 2.75) is 50.5 Å². The van der Waals surface area contributed by atoms with E-state index in [9.17, 15) is 39.9 Å². The summed E-state index contributed by atoms with van der Waals surface area (Å²) in [4.78, 5) is 35.6. The Bertz CT molecular complexity index is 933. The fraction of sp³-hybridized carbons (Fsp3) is 0.560. The smallest absolute Gasteiger partial charge is 0.330 e. The van der Waals surface area contributed by atoms with Crippen molar-refractivity contribution in [1.29, 1.82) is 0 Å². The highest BCUT2D eigenvalue weighted by Crippen LogP contribution is 2.42. The van der Waals surface area contributed by atoms with Crippen molar-refractivity contribution in [3.05, 3.63) is 42.0 Å². The molecule has 2 aliphatic rings. The van der Waals surface area contributed by atoms with Crippen LogP contribution in [0.2, 0.25) is 0 Å². The van der Waals surface area contributed by atoms with Crippen LogP contribution in [0.4, 0.5) is 0 Å². The second-order valence-electron chi connectivity index (χ2n) is 9.25. The van der Waals surface area contributed by atoms with Crippen molar-refractivity contribution in [1.82, 2.24) is 0 Å². The Balaban J connectivity index is 1.60. The van der Waals surface area contributed by atoms with Gasteiger partial charge in [0, 0.05) is 6.08 Å². The first-order valence-electron chi connectivity index (χ1n) is 11.8. The van der Waals surface area contributed by atoms with E-state index in [-0.39, 0.29) is 5.92 Å². The van der Waals surface area contributed by atoms with Crippen molar-refractivity contribution < 1.29 is 54.1 Å². The summed E-state index contributed by atoms with van der Waals surface area (Å²) in [5.41, 5.74) is 0.769. The highest BCUT2D eigenvalue weighted by Gasteiger charge is 2.48. The topological polar surface area (TPSA) is 180 Å². The summed E-state index contributed by atoms with van der Waals surface area (Å²) in [5.74, 6) is -5.97. The van der Waals surface area contributed by atoms with E-state index in [1.807, 2.05) is 6.07 Å². The highest BCUT2D eigenvalue weighted by molar-refractivity contribution is 5.87. The molecular formula is C25H32O11. The molecule has 2 fully saturated rings. The normalized spacial score (nSPS) is 33.3. The van der Waals surface area contributed by atoms with Gasteiger partial charge in [-0.1, -0.05) is 37.3 Å². The fourth-order valence-corrected chi connectivity index (χ4v) is 4.82. The Morgan fingerprint density at radius 3 is 2.39 bits per heavy atom. The lowest BCUT2D eigenvalue weighted by Crippen LogP contribution is -2.59. The van der Waals surface area contributed by atoms with Gasteiger partial charge in [-0.2, -0.15) is 0 Å². The number of aliphatic hydroxyl groups excluding tert-OH is 3. The van der Waals surface area contributed by atoms with Crippen molar-refractivity contribution in [3.63, 3.8) is 0 Å². The van der Waals surface area contributed by atoms with Crippen molar-refractivity contribution in [3.8, 4) is 0 Å². The molecule has 1 aromatic carbocycles. The van der Waals surface area contributed by atoms with Crippen molar-refractivity contribution in [2.75, 3.05) is 13.2 Å². The lowest BCUT2D eigenvalue weighted by molar-refractivity contribution is -0.304. The van der Waals surface area contributed by atoms with E-state index in [1.165, 1.54) is 12.2 Å². The number of esters is 1. The van der Waals surface area contributed by atoms with Gasteiger partial charge in [0.2, 0.25) is 0 Å². The van der Waals surface area contributed by atoms with E-state index >= 15 is 0 Å². The first kappa shape index (κ1) is 27.8. The molecular weight excluding hydrogens is 476 g/mol. The fourth-order valence-electron chi connectivity index (χ4n) is 4.82. The van der Waals surface area contributed by atoms with E-state index in [4.69, 9.17) is 14.2 Å². The molecule has 0 bridgehead atoms. The third kappa shape index (κ3) is 6.68. The van der Waals surface area contributed by atoms with Gasteiger partial charge >= 0.3 is 17.9 Å². The molecule has 1 heterocycles. The summed E-state index contributed by atoms with van der Waals surface area (Å²) in [6, 6.07) is 8.99. The van der Waals surface area contributed by atoms with E-state index in [2.05, 4.69) is 0 Å². The molecule has 9 atom stereocenters. The SMILES string of the molecule is C[C@H]1CC[C@H](C(CO[C@@H]2O[C@@H](COC(=O)/C=C/c3ccccc3)[C@H](O)[C@H](O)[C@@H]2O)C(=O)O)[C@H]1C(=O)O. The zero-order chi connectivity index (χ0) is 26.4. The zero-order valence-electron chi connectivity index (χ0n) is 19.8. The molecule has 5 N–H and O–H groups in total. The number of rotatable bonds is 10. The summed E-state index contributed by atoms with van der Waals surface area (Å²) in [6.07, 6.45) is -4.15. The zero-order valence-corrected chi connectivity index (χ0v) is 19.8. The van der Waals surface area contributed by atoms with E-state index in [0.29, 0.717) is 12.8 Å². The van der Waals surface area contributed by atoms with Gasteiger partial charge in [0.15, 0.2) is 6.29 Å². The van der Waals surface area contributed by atoms with Gasteiger partial charge in [-0.05, 0) is 36.3 Å². The Kier molecular flexibility index (Phi) is 9.57. The van der Waals surface area contributed by atoms with Crippen LogP contribution < -0.4 is 0 Å². The molecule has 1 saturated heterocycles. The van der Waals surface area contributed by atoms with Gasteiger partial charge in [0.1, 0.15) is 31.0 Å². The molecule has 1 aliphatic heterocycles. The minimum Gasteiger partial charge on any atom is -0.481 e. The van der Waals surface area contributed by atoms with E-state index < -0.39 is 79.6 Å². The van der Waals surface area contributed by atoms with Crippen LogP contribution in [0.1, 0.15) is 25.3 Å². The van der Waals surface area contributed by atoms with Crippen LogP contribution in [-0.2, 0) is 28.6 Å². The van der Waals surface area contributed by atoms with Gasteiger partial charge in [-0.25, -0.2) is 4.79 Å². The maximum atomic E-state index is 12.0. The van der Waals surface area contributed by atoms with Crippen LogP contribution in [0.25, 0.3) is 6.08 Å². The second kappa shape index (κ2) is 12.4. The number of carbonyl (C=O) groups excluding carboxylic acids is 1. The minimum absolute atomic E-state index is 0.196. The summed E-state index contributed by atoms with van der Waals surface area (Å²) >= 11 is 0. The largest absolute Gasteiger partial charge is 0.481 e. The van der Waals surface area contributed by atoms with Gasteiger partial charge in [0.25, 0.3) is 0 Å². The average molecular weight is 509 g/mol. The third-order valence-corrected chi connectivity index (χ3v) is 6.86. The van der Waals surface area contributed by atoms with Crippen LogP contribution >= 0.6 is 0 Å². The van der Waals surface area contributed by atoms with Gasteiger partial charge in [0.05, 0.1) is 18.4 Å². The van der Waals surface area contributed by atoms with E-state index in [0.717, 1.165) is 5.56 Å². The number of carboxylic acids is 2. The molecule has 0 amide bonds. The molecule has 0 radical (unpaired) electrons. The molecule has 3 rings (SSSR count). The number of ether oxygens (including phenoxy) is 3. The van der Waals surface area contributed by atoms with Crippen molar-refractivity contribution >= 4 is 24.0 Å². The Hall–Kier alpha value is -2.83. The molecule has 36 heavy (non-hydrogen) atoms. The summed E-state index contributed by atoms with van der Waals surface area (Å²) < 4.78 is 16.1. The quantitative estimate of drug-likeness (QED) is 0.220. The molecule has 11 nitrogen and oxygen atoms in total. The Morgan fingerprint density at radius 2 is 1.75 bits per heavy atom. The van der Waals surface area contributed by atoms with Crippen LogP contribution in [0.5, 0.6) is 0 Å². The maximum Gasteiger partial charge on any atom is 0.330 e. The molecule has 1 unspecified atom stereocenters. The van der Waals surface area contributed by atoms with Crippen LogP contribution in [0.3, 0.4) is 0 Å². The molecule has 0 spiro atoms. The van der Waals surface area contributed by atoms with Crippen molar-refractivity contribution in [2.24, 2.45) is 23.7 Å². The first-order valence-corrected chi connectivity index (χ1v) is 11.8. The number of carboxylic acid groups (broad SMARTS) is 2. The molecule has 1 saturated carbocycles. The van der Waals surface area contributed by atoms with Gasteiger partial charge in [-0.15, -0.1) is 0 Å². The van der Waals surface area contributed by atoms with Crippen LogP contribution in [0, 0.1) is 23.7 Å². The van der Waals surface area contributed by atoms with Crippen LogP contribution in [0.15, 0.2) is 36.4 Å². The molecule has 11 heteroatoms. The third-order valence-electron chi connectivity index (χ3n) is 6.86. The number of aliphatic carboxylic acids is 2. The molecule has 198 valence electrons. The molecule has 1 aliphatic carbocycles. The molecule has 0 aromatic heterocycles. The van der Waals surface area contributed by atoms with Crippen LogP contribution in [-0.4, -0.2) is 87.4 Å². The minimum atomic E-state index is -1.71. The lowest BCUT2D eigenvalue weighted by atomic mass is 9.81. The predicted octanol–water partition coefficient (Wildman–Crippen LogP) is 0.515. The summed E-state index contributed by atoms with van der Waals surface area (Å²) in [5, 5.41) is 50.0. The number of hydrogen-bond donors (Lipinski definition) is 5. The summed E-state index contributed by atoms with van der Waals surface area (Å²) in [6.45, 7) is 0.810. The number of benzene rings is 1.